The van der Waals surface area contributed by atoms with Gasteiger partial charge in [-0.1, -0.05) is 0 Å². The molecule has 0 fully saturated rings. The summed E-state index contributed by atoms with van der Waals surface area (Å²) in [6, 6.07) is 3.63. The smallest absolute Gasteiger partial charge is 0.129 e. The molecular formula is C12H16N4O. The Kier molecular flexibility index (Phi) is 3.10. The number of aliphatic hydroxyl groups is 1. The van der Waals surface area contributed by atoms with Gasteiger partial charge in [-0.3, -0.25) is 4.68 Å². The minimum atomic E-state index is -0.786. The second-order valence-corrected chi connectivity index (χ2v) is 3.90. The molecule has 0 saturated carbocycles. The summed E-state index contributed by atoms with van der Waals surface area (Å²) in [6.45, 7) is 4.59. The average molecular weight is 232 g/mol. The molecule has 2 aromatic heterocycles. The van der Waals surface area contributed by atoms with Gasteiger partial charge in [-0.05, 0) is 31.5 Å². The SMILES string of the molecule is CCn1nccc1C(O)c1c(C)ccnc1N. The maximum atomic E-state index is 10.4. The predicted octanol–water partition coefficient (Wildman–Crippen LogP) is 1.27. The highest BCUT2D eigenvalue weighted by Crippen LogP contribution is 2.27. The van der Waals surface area contributed by atoms with Crippen molar-refractivity contribution in [3.8, 4) is 0 Å². The molecule has 0 aliphatic carbocycles. The van der Waals surface area contributed by atoms with Gasteiger partial charge >= 0.3 is 0 Å². The Balaban J connectivity index is 2.47. The topological polar surface area (TPSA) is 77.0 Å². The molecule has 0 aliphatic rings. The van der Waals surface area contributed by atoms with E-state index < -0.39 is 6.10 Å². The Labute approximate surface area is 99.9 Å². The summed E-state index contributed by atoms with van der Waals surface area (Å²) in [4.78, 5) is 4.01. The fourth-order valence-electron chi connectivity index (χ4n) is 1.93. The Bertz CT molecular complexity index is 501. The highest BCUT2D eigenvalue weighted by molar-refractivity contribution is 5.47. The van der Waals surface area contributed by atoms with Crippen molar-refractivity contribution in [2.75, 3.05) is 5.73 Å². The first-order valence-corrected chi connectivity index (χ1v) is 5.56. The first-order chi connectivity index (χ1) is 8.15. The van der Waals surface area contributed by atoms with Crippen LogP contribution in [-0.2, 0) is 6.54 Å². The summed E-state index contributed by atoms with van der Waals surface area (Å²) in [7, 11) is 0. The van der Waals surface area contributed by atoms with Gasteiger partial charge in [0.1, 0.15) is 11.9 Å². The van der Waals surface area contributed by atoms with Crippen molar-refractivity contribution in [1.82, 2.24) is 14.8 Å². The predicted molar refractivity (Wildman–Crippen MR) is 65.3 cm³/mol. The number of nitrogens with zero attached hydrogens (tertiary/aromatic N) is 3. The quantitative estimate of drug-likeness (QED) is 0.835. The molecule has 1 unspecified atom stereocenters. The van der Waals surface area contributed by atoms with Gasteiger partial charge in [0.25, 0.3) is 0 Å². The highest BCUT2D eigenvalue weighted by Gasteiger charge is 2.19. The Hall–Kier alpha value is -1.88. The number of hydrogen-bond donors (Lipinski definition) is 2. The number of aryl methyl sites for hydroxylation is 2. The number of hydrogen-bond acceptors (Lipinski definition) is 4. The third-order valence-electron chi connectivity index (χ3n) is 2.84. The van der Waals surface area contributed by atoms with Crippen molar-refractivity contribution in [1.29, 1.82) is 0 Å². The average Bonchev–Trinajstić information content (AvgIpc) is 2.76. The number of rotatable bonds is 3. The lowest BCUT2D eigenvalue weighted by molar-refractivity contribution is 0.207. The minimum absolute atomic E-state index is 0.362. The van der Waals surface area contributed by atoms with Crippen LogP contribution >= 0.6 is 0 Å². The molecule has 0 bridgehead atoms. The zero-order valence-corrected chi connectivity index (χ0v) is 9.96. The fraction of sp³-hybridized carbons (Fsp3) is 0.333. The van der Waals surface area contributed by atoms with Crippen LogP contribution in [0.5, 0.6) is 0 Å². The second-order valence-electron chi connectivity index (χ2n) is 3.90. The van der Waals surface area contributed by atoms with Gasteiger partial charge in [0.15, 0.2) is 0 Å². The van der Waals surface area contributed by atoms with Crippen LogP contribution in [0, 0.1) is 6.92 Å². The van der Waals surface area contributed by atoms with Gasteiger partial charge in [0, 0.05) is 24.5 Å². The summed E-state index contributed by atoms with van der Waals surface area (Å²) < 4.78 is 1.75. The maximum Gasteiger partial charge on any atom is 0.129 e. The van der Waals surface area contributed by atoms with Crippen molar-refractivity contribution in [2.45, 2.75) is 26.5 Å². The third-order valence-corrected chi connectivity index (χ3v) is 2.84. The number of nitrogens with two attached hydrogens (primary N) is 1. The van der Waals surface area contributed by atoms with Gasteiger partial charge in [0.05, 0.1) is 5.69 Å². The Morgan fingerprint density at radius 1 is 1.41 bits per heavy atom. The highest BCUT2D eigenvalue weighted by atomic mass is 16.3. The zero-order chi connectivity index (χ0) is 12.4. The molecule has 2 heterocycles. The molecule has 0 saturated heterocycles. The fourth-order valence-corrected chi connectivity index (χ4v) is 1.93. The molecule has 2 rings (SSSR count). The lowest BCUT2D eigenvalue weighted by atomic mass is 10.0. The summed E-state index contributed by atoms with van der Waals surface area (Å²) in [6.07, 6.45) is 2.52. The van der Waals surface area contributed by atoms with E-state index in [1.165, 1.54) is 0 Å². The lowest BCUT2D eigenvalue weighted by Crippen LogP contribution is -2.12. The Morgan fingerprint density at radius 3 is 2.82 bits per heavy atom. The second kappa shape index (κ2) is 4.55. The summed E-state index contributed by atoms with van der Waals surface area (Å²) in [5.74, 6) is 0.362. The number of aliphatic hydroxyl groups excluding tert-OH is 1. The molecule has 0 radical (unpaired) electrons. The number of pyridine rings is 1. The van der Waals surface area contributed by atoms with Crippen molar-refractivity contribution in [3.05, 3.63) is 41.3 Å². The standard InChI is InChI=1S/C12H16N4O/c1-3-16-9(5-7-15-16)11(17)10-8(2)4-6-14-12(10)13/h4-7,11,17H,3H2,1-2H3,(H2,13,14). The third kappa shape index (κ3) is 2.01. The van der Waals surface area contributed by atoms with Crippen LogP contribution in [0.4, 0.5) is 5.82 Å². The zero-order valence-electron chi connectivity index (χ0n) is 9.96. The van der Waals surface area contributed by atoms with Crippen LogP contribution in [0.2, 0.25) is 0 Å². The molecule has 0 aliphatic heterocycles. The van der Waals surface area contributed by atoms with Gasteiger partial charge in [-0.2, -0.15) is 5.10 Å². The van der Waals surface area contributed by atoms with Gasteiger partial charge in [0.2, 0.25) is 0 Å². The van der Waals surface area contributed by atoms with Crippen LogP contribution < -0.4 is 5.73 Å². The lowest BCUT2D eigenvalue weighted by Gasteiger charge is -2.16. The van der Waals surface area contributed by atoms with E-state index in [1.807, 2.05) is 19.9 Å². The molecule has 5 nitrogen and oxygen atoms in total. The van der Waals surface area contributed by atoms with E-state index in [0.717, 1.165) is 11.3 Å². The first-order valence-electron chi connectivity index (χ1n) is 5.56. The number of nitrogen functional groups attached to an aromatic ring is 1. The molecule has 2 aromatic rings. The summed E-state index contributed by atoms with van der Waals surface area (Å²) in [5.41, 5.74) is 8.13. The van der Waals surface area contributed by atoms with Crippen LogP contribution in [-0.4, -0.2) is 19.9 Å². The van der Waals surface area contributed by atoms with Crippen LogP contribution in [0.3, 0.4) is 0 Å². The molecule has 0 spiro atoms. The van der Waals surface area contributed by atoms with Gasteiger partial charge < -0.3 is 10.8 Å². The van der Waals surface area contributed by atoms with E-state index in [9.17, 15) is 5.11 Å². The first kappa shape index (κ1) is 11.6. The largest absolute Gasteiger partial charge is 0.383 e. The van der Waals surface area contributed by atoms with E-state index in [1.54, 1.807) is 23.1 Å². The molecule has 1 atom stereocenters. The molecule has 90 valence electrons. The molecule has 0 amide bonds. The maximum absolute atomic E-state index is 10.4. The number of anilines is 1. The number of aromatic nitrogens is 3. The van der Waals surface area contributed by atoms with Crippen molar-refractivity contribution >= 4 is 5.82 Å². The summed E-state index contributed by atoms with van der Waals surface area (Å²) >= 11 is 0. The normalized spacial score (nSPS) is 12.6. The monoisotopic (exact) mass is 232 g/mol. The van der Waals surface area contributed by atoms with Crippen LogP contribution in [0.15, 0.2) is 24.5 Å². The van der Waals surface area contributed by atoms with E-state index in [0.29, 0.717) is 17.9 Å². The molecule has 17 heavy (non-hydrogen) atoms. The van der Waals surface area contributed by atoms with E-state index in [-0.39, 0.29) is 0 Å². The van der Waals surface area contributed by atoms with Crippen LogP contribution in [0.25, 0.3) is 0 Å². The molecule has 0 aromatic carbocycles. The molecule has 5 heteroatoms. The minimum Gasteiger partial charge on any atom is -0.383 e. The Morgan fingerprint density at radius 2 is 2.18 bits per heavy atom. The van der Waals surface area contributed by atoms with Gasteiger partial charge in [-0.15, -0.1) is 0 Å². The molecule has 3 N–H and O–H groups in total. The summed E-state index contributed by atoms with van der Waals surface area (Å²) in [5, 5.41) is 14.5. The van der Waals surface area contributed by atoms with E-state index in [4.69, 9.17) is 5.73 Å². The van der Waals surface area contributed by atoms with E-state index in [2.05, 4.69) is 10.1 Å². The van der Waals surface area contributed by atoms with E-state index >= 15 is 0 Å². The van der Waals surface area contributed by atoms with Crippen molar-refractivity contribution in [3.63, 3.8) is 0 Å². The van der Waals surface area contributed by atoms with Crippen LogP contribution in [0.1, 0.15) is 29.8 Å². The molecular weight excluding hydrogens is 216 g/mol. The van der Waals surface area contributed by atoms with Gasteiger partial charge in [-0.25, -0.2) is 4.98 Å². The van der Waals surface area contributed by atoms with Crippen molar-refractivity contribution < 1.29 is 5.11 Å². The van der Waals surface area contributed by atoms with Crippen molar-refractivity contribution in [2.24, 2.45) is 0 Å².